The van der Waals surface area contributed by atoms with Crippen molar-refractivity contribution in [3.8, 4) is 5.75 Å². The number of ketones is 1. The summed E-state index contributed by atoms with van der Waals surface area (Å²) in [5.74, 6) is 1.45. The highest BCUT2D eigenvalue weighted by Gasteiger charge is 2.19. The van der Waals surface area contributed by atoms with Crippen LogP contribution in [0.4, 0.5) is 11.6 Å². The smallest absolute Gasteiger partial charge is 0.227 e. The van der Waals surface area contributed by atoms with Gasteiger partial charge in [-0.2, -0.15) is 0 Å². The third-order valence-electron chi connectivity index (χ3n) is 3.39. The summed E-state index contributed by atoms with van der Waals surface area (Å²) in [6.45, 7) is 2.57. The van der Waals surface area contributed by atoms with Crippen LogP contribution in [0.1, 0.15) is 35.8 Å². The van der Waals surface area contributed by atoms with E-state index in [2.05, 4.69) is 15.3 Å². The van der Waals surface area contributed by atoms with Gasteiger partial charge in [0.25, 0.3) is 0 Å². The minimum absolute atomic E-state index is 0.140. The van der Waals surface area contributed by atoms with Crippen LogP contribution >= 0.6 is 0 Å². The molecular weight excluding hydrogens is 266 g/mol. The van der Waals surface area contributed by atoms with E-state index in [0.29, 0.717) is 24.5 Å². The van der Waals surface area contributed by atoms with E-state index in [0.717, 1.165) is 30.0 Å². The number of ether oxygens (including phenoxy) is 1. The van der Waals surface area contributed by atoms with Gasteiger partial charge in [-0.05, 0) is 31.9 Å². The average molecular weight is 283 g/mol. The molecule has 0 fully saturated rings. The maximum atomic E-state index is 11.8. The zero-order valence-electron chi connectivity index (χ0n) is 11.9. The molecule has 1 aromatic carbocycles. The van der Waals surface area contributed by atoms with Crippen molar-refractivity contribution in [3.05, 3.63) is 41.7 Å². The van der Waals surface area contributed by atoms with Crippen molar-refractivity contribution >= 4 is 17.4 Å². The number of aryl methyl sites for hydroxylation is 1. The van der Waals surface area contributed by atoms with Gasteiger partial charge in [0, 0.05) is 24.4 Å². The third-order valence-corrected chi connectivity index (χ3v) is 3.39. The lowest BCUT2D eigenvalue weighted by Gasteiger charge is -2.14. The molecule has 108 valence electrons. The Bertz CT molecular complexity index is 670. The SMILES string of the molecule is CCOc1cccc(Nc2ncc3c(n2)CCCC3=O)c1. The second-order valence-electron chi connectivity index (χ2n) is 4.92. The molecule has 0 atom stereocenters. The number of hydrogen-bond acceptors (Lipinski definition) is 5. The maximum Gasteiger partial charge on any atom is 0.227 e. The summed E-state index contributed by atoms with van der Waals surface area (Å²) in [7, 11) is 0. The molecule has 1 aromatic heterocycles. The number of carbonyl (C=O) groups is 1. The minimum atomic E-state index is 0.140. The van der Waals surface area contributed by atoms with Gasteiger partial charge in [-0.3, -0.25) is 4.79 Å². The fourth-order valence-electron chi connectivity index (χ4n) is 2.41. The molecule has 1 aliphatic carbocycles. The molecule has 5 heteroatoms. The summed E-state index contributed by atoms with van der Waals surface area (Å²) < 4.78 is 5.46. The first kappa shape index (κ1) is 13.5. The zero-order valence-corrected chi connectivity index (χ0v) is 11.9. The second kappa shape index (κ2) is 5.91. The first-order valence-electron chi connectivity index (χ1n) is 7.15. The lowest BCUT2D eigenvalue weighted by Crippen LogP contribution is -2.14. The van der Waals surface area contributed by atoms with Gasteiger partial charge in [0.15, 0.2) is 5.78 Å². The van der Waals surface area contributed by atoms with Crippen molar-refractivity contribution in [2.45, 2.75) is 26.2 Å². The summed E-state index contributed by atoms with van der Waals surface area (Å²) in [6.07, 6.45) is 3.91. The molecule has 1 N–H and O–H groups in total. The molecule has 3 rings (SSSR count). The topological polar surface area (TPSA) is 64.1 Å². The number of nitrogens with one attached hydrogen (secondary N) is 1. The van der Waals surface area contributed by atoms with E-state index in [4.69, 9.17) is 4.74 Å². The summed E-state index contributed by atoms with van der Waals surface area (Å²) >= 11 is 0. The van der Waals surface area contributed by atoms with Crippen LogP contribution in [-0.4, -0.2) is 22.4 Å². The molecule has 0 saturated heterocycles. The van der Waals surface area contributed by atoms with Crippen LogP contribution < -0.4 is 10.1 Å². The summed E-state index contributed by atoms with van der Waals surface area (Å²) in [6, 6.07) is 7.64. The van der Waals surface area contributed by atoms with E-state index >= 15 is 0 Å². The van der Waals surface area contributed by atoms with Crippen LogP contribution in [0.5, 0.6) is 5.75 Å². The number of hydrogen-bond donors (Lipinski definition) is 1. The molecule has 21 heavy (non-hydrogen) atoms. The number of nitrogens with zero attached hydrogens (tertiary/aromatic N) is 2. The Labute approximate surface area is 123 Å². The maximum absolute atomic E-state index is 11.8. The fraction of sp³-hybridized carbons (Fsp3) is 0.312. The highest BCUT2D eigenvalue weighted by molar-refractivity contribution is 5.97. The monoisotopic (exact) mass is 283 g/mol. The van der Waals surface area contributed by atoms with Crippen LogP contribution in [0.25, 0.3) is 0 Å². The van der Waals surface area contributed by atoms with Gasteiger partial charge < -0.3 is 10.1 Å². The van der Waals surface area contributed by atoms with Crippen molar-refractivity contribution in [3.63, 3.8) is 0 Å². The highest BCUT2D eigenvalue weighted by Crippen LogP contribution is 2.23. The van der Waals surface area contributed by atoms with Gasteiger partial charge in [-0.25, -0.2) is 9.97 Å². The molecule has 0 bridgehead atoms. The number of fused-ring (bicyclic) bond motifs is 1. The Morgan fingerprint density at radius 2 is 2.24 bits per heavy atom. The van der Waals surface area contributed by atoms with Crippen LogP contribution in [0.2, 0.25) is 0 Å². The van der Waals surface area contributed by atoms with Crippen molar-refractivity contribution in [2.24, 2.45) is 0 Å². The second-order valence-corrected chi connectivity index (χ2v) is 4.92. The number of Topliss-reactive ketones (excluding diaryl/α,β-unsaturated/α-hetero) is 1. The number of rotatable bonds is 4. The van der Waals surface area contributed by atoms with Crippen molar-refractivity contribution in [1.29, 1.82) is 0 Å². The molecule has 0 aliphatic heterocycles. The molecule has 5 nitrogen and oxygen atoms in total. The number of benzene rings is 1. The lowest BCUT2D eigenvalue weighted by atomic mass is 9.96. The molecule has 0 saturated carbocycles. The molecule has 0 radical (unpaired) electrons. The van der Waals surface area contributed by atoms with Crippen molar-refractivity contribution < 1.29 is 9.53 Å². The molecular formula is C16H17N3O2. The molecule has 0 amide bonds. The Morgan fingerprint density at radius 3 is 3.10 bits per heavy atom. The van der Waals surface area contributed by atoms with Crippen LogP contribution in [-0.2, 0) is 6.42 Å². The van der Waals surface area contributed by atoms with Gasteiger partial charge in [-0.1, -0.05) is 6.07 Å². The molecule has 0 spiro atoms. The Hall–Kier alpha value is -2.43. The van der Waals surface area contributed by atoms with E-state index < -0.39 is 0 Å². The van der Waals surface area contributed by atoms with Crippen LogP contribution in [0, 0.1) is 0 Å². The number of anilines is 2. The van der Waals surface area contributed by atoms with Crippen LogP contribution in [0.15, 0.2) is 30.5 Å². The van der Waals surface area contributed by atoms with Gasteiger partial charge in [-0.15, -0.1) is 0 Å². The largest absolute Gasteiger partial charge is 0.494 e. The summed E-state index contributed by atoms with van der Waals surface area (Å²) in [4.78, 5) is 20.4. The Balaban J connectivity index is 1.82. The number of carbonyl (C=O) groups excluding carboxylic acids is 1. The zero-order chi connectivity index (χ0) is 14.7. The average Bonchev–Trinajstić information content (AvgIpc) is 2.48. The van der Waals surface area contributed by atoms with E-state index in [1.807, 2.05) is 31.2 Å². The predicted molar refractivity (Wildman–Crippen MR) is 80.2 cm³/mol. The van der Waals surface area contributed by atoms with Gasteiger partial charge >= 0.3 is 0 Å². The van der Waals surface area contributed by atoms with Crippen molar-refractivity contribution in [2.75, 3.05) is 11.9 Å². The van der Waals surface area contributed by atoms with Crippen LogP contribution in [0.3, 0.4) is 0 Å². The quantitative estimate of drug-likeness (QED) is 0.933. The van der Waals surface area contributed by atoms with Gasteiger partial charge in [0.1, 0.15) is 5.75 Å². The lowest BCUT2D eigenvalue weighted by molar-refractivity contribution is 0.0971. The molecule has 1 heterocycles. The standard InChI is InChI=1S/C16H17N3O2/c1-2-21-12-6-3-5-11(9-12)18-16-17-10-13-14(19-16)7-4-8-15(13)20/h3,5-6,9-10H,2,4,7-8H2,1H3,(H,17,18,19). The van der Waals surface area contributed by atoms with Crippen molar-refractivity contribution in [1.82, 2.24) is 9.97 Å². The third kappa shape index (κ3) is 3.02. The molecule has 1 aliphatic rings. The fourth-order valence-corrected chi connectivity index (χ4v) is 2.41. The summed E-state index contributed by atoms with van der Waals surface area (Å²) in [5.41, 5.74) is 2.36. The molecule has 0 unspecified atom stereocenters. The number of aromatic nitrogens is 2. The normalized spacial score (nSPS) is 13.7. The van der Waals surface area contributed by atoms with E-state index in [9.17, 15) is 4.79 Å². The Morgan fingerprint density at radius 1 is 1.33 bits per heavy atom. The highest BCUT2D eigenvalue weighted by atomic mass is 16.5. The first-order valence-corrected chi connectivity index (χ1v) is 7.15. The van der Waals surface area contributed by atoms with E-state index in [1.165, 1.54) is 0 Å². The minimum Gasteiger partial charge on any atom is -0.494 e. The Kier molecular flexibility index (Phi) is 3.81. The summed E-state index contributed by atoms with van der Waals surface area (Å²) in [5, 5.41) is 3.15. The van der Waals surface area contributed by atoms with E-state index in [1.54, 1.807) is 6.20 Å². The first-order chi connectivity index (χ1) is 10.3. The van der Waals surface area contributed by atoms with E-state index in [-0.39, 0.29) is 5.78 Å². The molecule has 2 aromatic rings. The van der Waals surface area contributed by atoms with Gasteiger partial charge in [0.05, 0.1) is 17.9 Å². The predicted octanol–water partition coefficient (Wildman–Crippen LogP) is 3.14. The van der Waals surface area contributed by atoms with Gasteiger partial charge in [0.2, 0.25) is 5.95 Å².